The number of nitriles is 1. The number of aryl methyl sites for hydroxylation is 1. The van der Waals surface area contributed by atoms with Gasteiger partial charge in [0.1, 0.15) is 0 Å². The van der Waals surface area contributed by atoms with Gasteiger partial charge in [-0.05, 0) is 36.6 Å². The average molecular weight is 296 g/mol. The van der Waals surface area contributed by atoms with Crippen LogP contribution >= 0.6 is 15.9 Å². The first-order chi connectivity index (χ1) is 8.12. The molecule has 0 radical (unpaired) electrons. The number of rotatable bonds is 4. The van der Waals surface area contributed by atoms with E-state index >= 15 is 0 Å². The Kier molecular flexibility index (Phi) is 5.17. The van der Waals surface area contributed by atoms with Crippen molar-refractivity contribution < 1.29 is 9.53 Å². The molecule has 0 bridgehead atoms. The molecular formula is C13H14BrNO2. The van der Waals surface area contributed by atoms with E-state index in [0.717, 1.165) is 16.5 Å². The van der Waals surface area contributed by atoms with Crippen LogP contribution in [-0.2, 0) is 22.4 Å². The molecule has 17 heavy (non-hydrogen) atoms. The first-order valence-electron chi connectivity index (χ1n) is 5.49. The van der Waals surface area contributed by atoms with E-state index < -0.39 is 0 Å². The number of carbonyl (C=O) groups excluding carboxylic acids is 1. The summed E-state index contributed by atoms with van der Waals surface area (Å²) >= 11 is 3.44. The molecule has 1 aromatic rings. The first-order valence-corrected chi connectivity index (χ1v) is 6.28. The lowest BCUT2D eigenvalue weighted by Crippen LogP contribution is -2.09. The van der Waals surface area contributed by atoms with Crippen LogP contribution in [0.1, 0.15) is 30.5 Å². The van der Waals surface area contributed by atoms with Gasteiger partial charge in [0.2, 0.25) is 0 Å². The molecule has 0 N–H and O–H groups in total. The summed E-state index contributed by atoms with van der Waals surface area (Å²) in [4.78, 5) is 11.4. The van der Waals surface area contributed by atoms with Crippen LogP contribution in [-0.4, -0.2) is 12.6 Å². The summed E-state index contributed by atoms with van der Waals surface area (Å²) in [6.45, 7) is 4.14. The van der Waals surface area contributed by atoms with Crippen LogP contribution in [0.5, 0.6) is 0 Å². The highest BCUT2D eigenvalue weighted by molar-refractivity contribution is 9.10. The third-order valence-corrected chi connectivity index (χ3v) is 3.15. The maximum Gasteiger partial charge on any atom is 0.310 e. The van der Waals surface area contributed by atoms with E-state index in [9.17, 15) is 4.79 Å². The van der Waals surface area contributed by atoms with Crippen LogP contribution in [0.15, 0.2) is 16.6 Å². The summed E-state index contributed by atoms with van der Waals surface area (Å²) in [5.74, 6) is -0.305. The second-order valence-corrected chi connectivity index (χ2v) is 4.40. The van der Waals surface area contributed by atoms with Gasteiger partial charge in [-0.25, -0.2) is 0 Å². The summed E-state index contributed by atoms with van der Waals surface area (Å²) in [6.07, 6.45) is 0.980. The monoisotopic (exact) mass is 295 g/mol. The van der Waals surface area contributed by atoms with Crippen LogP contribution in [0.3, 0.4) is 0 Å². The number of halogens is 1. The van der Waals surface area contributed by atoms with Crippen LogP contribution in [0.4, 0.5) is 0 Å². The topological polar surface area (TPSA) is 50.1 Å². The van der Waals surface area contributed by atoms with Crippen molar-refractivity contribution in [3.63, 3.8) is 0 Å². The molecular weight excluding hydrogens is 282 g/mol. The number of esters is 1. The summed E-state index contributed by atoms with van der Waals surface area (Å²) in [5.41, 5.74) is 2.31. The smallest absolute Gasteiger partial charge is 0.310 e. The molecule has 1 rings (SSSR count). The van der Waals surface area contributed by atoms with E-state index in [-0.39, 0.29) is 12.4 Å². The molecule has 90 valence electrons. The second-order valence-electron chi connectivity index (χ2n) is 3.55. The molecule has 0 amide bonds. The predicted octanol–water partition coefficient (Wildman–Crippen LogP) is 2.99. The molecule has 0 aliphatic rings. The molecule has 3 nitrogen and oxygen atoms in total. The summed E-state index contributed by atoms with van der Waals surface area (Å²) in [7, 11) is 0. The van der Waals surface area contributed by atoms with Gasteiger partial charge >= 0.3 is 5.97 Å². The Bertz CT molecular complexity index is 463. The summed E-state index contributed by atoms with van der Waals surface area (Å²) in [6, 6.07) is 5.76. The van der Waals surface area contributed by atoms with Gasteiger partial charge in [-0.2, -0.15) is 5.26 Å². The minimum Gasteiger partial charge on any atom is -0.466 e. The molecule has 0 saturated heterocycles. The van der Waals surface area contributed by atoms with Gasteiger partial charge in [-0.1, -0.05) is 22.9 Å². The number of nitrogens with zero attached hydrogens (tertiary/aromatic N) is 1. The molecule has 4 heteroatoms. The summed E-state index contributed by atoms with van der Waals surface area (Å²) < 4.78 is 5.81. The van der Waals surface area contributed by atoms with Gasteiger partial charge in [0.25, 0.3) is 0 Å². The average Bonchev–Trinajstić information content (AvgIpc) is 2.29. The van der Waals surface area contributed by atoms with E-state index in [1.54, 1.807) is 6.92 Å². The van der Waals surface area contributed by atoms with E-state index in [0.29, 0.717) is 17.7 Å². The highest BCUT2D eigenvalue weighted by Crippen LogP contribution is 2.23. The van der Waals surface area contributed by atoms with Gasteiger partial charge in [0.15, 0.2) is 0 Å². The molecule has 0 heterocycles. The van der Waals surface area contributed by atoms with E-state index in [1.807, 2.05) is 19.1 Å². The standard InChI is InChI=1S/C13H14BrNO2/c1-3-9-5-11(8-15)10(6-12(9)14)7-13(16)17-4-2/h5-6H,3-4,7H2,1-2H3. The molecule has 0 aliphatic heterocycles. The lowest BCUT2D eigenvalue weighted by molar-refractivity contribution is -0.142. The Labute approximate surface area is 110 Å². The largest absolute Gasteiger partial charge is 0.466 e. The minimum atomic E-state index is -0.305. The molecule has 0 atom stereocenters. The fourth-order valence-electron chi connectivity index (χ4n) is 1.55. The van der Waals surface area contributed by atoms with Gasteiger partial charge in [0, 0.05) is 4.47 Å². The van der Waals surface area contributed by atoms with Crippen molar-refractivity contribution in [3.8, 4) is 6.07 Å². The van der Waals surface area contributed by atoms with Crippen molar-refractivity contribution in [1.29, 1.82) is 5.26 Å². The quantitative estimate of drug-likeness (QED) is 0.803. The zero-order valence-electron chi connectivity index (χ0n) is 9.92. The number of carbonyl (C=O) groups is 1. The molecule has 0 unspecified atom stereocenters. The lowest BCUT2D eigenvalue weighted by atomic mass is 10.0. The van der Waals surface area contributed by atoms with Crippen LogP contribution < -0.4 is 0 Å². The van der Waals surface area contributed by atoms with Gasteiger partial charge in [-0.15, -0.1) is 0 Å². The maximum absolute atomic E-state index is 11.4. The third kappa shape index (κ3) is 3.57. The predicted molar refractivity (Wildman–Crippen MR) is 68.6 cm³/mol. The Morgan fingerprint density at radius 3 is 2.65 bits per heavy atom. The number of hydrogen-bond acceptors (Lipinski definition) is 3. The zero-order chi connectivity index (χ0) is 12.8. The number of hydrogen-bond donors (Lipinski definition) is 0. The van der Waals surface area contributed by atoms with Gasteiger partial charge < -0.3 is 4.74 Å². The van der Waals surface area contributed by atoms with Crippen LogP contribution in [0.25, 0.3) is 0 Å². The third-order valence-electron chi connectivity index (χ3n) is 2.41. The molecule has 1 aromatic carbocycles. The summed E-state index contributed by atoms with van der Waals surface area (Å²) in [5, 5.41) is 9.05. The molecule has 0 spiro atoms. The van der Waals surface area contributed by atoms with Crippen molar-refractivity contribution in [2.75, 3.05) is 6.61 Å². The van der Waals surface area contributed by atoms with Crippen molar-refractivity contribution in [2.45, 2.75) is 26.7 Å². The van der Waals surface area contributed by atoms with Crippen molar-refractivity contribution in [3.05, 3.63) is 33.3 Å². The number of benzene rings is 1. The van der Waals surface area contributed by atoms with Crippen molar-refractivity contribution in [1.82, 2.24) is 0 Å². The van der Waals surface area contributed by atoms with E-state index in [1.165, 1.54) is 0 Å². The lowest BCUT2D eigenvalue weighted by Gasteiger charge is -2.08. The van der Waals surface area contributed by atoms with Crippen LogP contribution in [0, 0.1) is 11.3 Å². The molecule has 0 saturated carbocycles. The van der Waals surface area contributed by atoms with Gasteiger partial charge in [-0.3, -0.25) is 4.79 Å². The Hall–Kier alpha value is -1.34. The Balaban J connectivity index is 3.03. The number of ether oxygens (including phenoxy) is 1. The molecule has 0 aliphatic carbocycles. The van der Waals surface area contributed by atoms with Crippen molar-refractivity contribution >= 4 is 21.9 Å². The van der Waals surface area contributed by atoms with E-state index in [4.69, 9.17) is 10.00 Å². The minimum absolute atomic E-state index is 0.138. The first kappa shape index (κ1) is 13.7. The van der Waals surface area contributed by atoms with Crippen molar-refractivity contribution in [2.24, 2.45) is 0 Å². The van der Waals surface area contributed by atoms with E-state index in [2.05, 4.69) is 22.0 Å². The molecule has 0 aromatic heterocycles. The highest BCUT2D eigenvalue weighted by atomic mass is 79.9. The second kappa shape index (κ2) is 6.41. The Morgan fingerprint density at radius 2 is 2.12 bits per heavy atom. The van der Waals surface area contributed by atoms with Crippen LogP contribution in [0.2, 0.25) is 0 Å². The highest BCUT2D eigenvalue weighted by Gasteiger charge is 2.11. The Morgan fingerprint density at radius 1 is 1.41 bits per heavy atom. The normalized spacial score (nSPS) is 9.76. The molecule has 0 fully saturated rings. The van der Waals surface area contributed by atoms with Gasteiger partial charge in [0.05, 0.1) is 24.7 Å². The SMILES string of the molecule is CCOC(=O)Cc1cc(Br)c(CC)cc1C#N. The fraction of sp³-hybridized carbons (Fsp3) is 0.385. The maximum atomic E-state index is 11.4. The zero-order valence-corrected chi connectivity index (χ0v) is 11.5. The fourth-order valence-corrected chi connectivity index (χ4v) is 2.22.